The Balaban J connectivity index is 1.36. The summed E-state index contributed by atoms with van der Waals surface area (Å²) in [5.74, 6) is 1.25. The molecule has 2 amide bonds. The number of hydrogen-bond acceptors (Lipinski definition) is 4. The third-order valence-electron chi connectivity index (χ3n) is 7.15. The van der Waals surface area contributed by atoms with Crippen LogP contribution in [-0.4, -0.2) is 48.6 Å². The van der Waals surface area contributed by atoms with Crippen LogP contribution in [0.1, 0.15) is 56.3 Å². The van der Waals surface area contributed by atoms with Crippen molar-refractivity contribution in [2.45, 2.75) is 51.7 Å². The minimum Gasteiger partial charge on any atom is -0.467 e. The molecule has 4 atom stereocenters. The number of rotatable bonds is 7. The van der Waals surface area contributed by atoms with Gasteiger partial charge in [-0.25, -0.2) is 0 Å². The van der Waals surface area contributed by atoms with Crippen LogP contribution in [0.2, 0.25) is 0 Å². The van der Waals surface area contributed by atoms with Crippen LogP contribution >= 0.6 is 0 Å². The van der Waals surface area contributed by atoms with E-state index in [0.29, 0.717) is 11.3 Å². The van der Waals surface area contributed by atoms with Crippen molar-refractivity contribution >= 4 is 11.8 Å². The largest absolute Gasteiger partial charge is 0.467 e. The first-order valence-corrected chi connectivity index (χ1v) is 11.2. The van der Waals surface area contributed by atoms with Gasteiger partial charge in [0.15, 0.2) is 5.72 Å². The second-order valence-electron chi connectivity index (χ2n) is 8.69. The molecule has 6 heteroatoms. The van der Waals surface area contributed by atoms with E-state index in [2.05, 4.69) is 29.4 Å². The van der Waals surface area contributed by atoms with Gasteiger partial charge >= 0.3 is 0 Å². The molecule has 6 nitrogen and oxygen atoms in total. The fourth-order valence-electron chi connectivity index (χ4n) is 5.47. The first-order chi connectivity index (χ1) is 14.1. The van der Waals surface area contributed by atoms with Crippen LogP contribution in [0.25, 0.3) is 0 Å². The summed E-state index contributed by atoms with van der Waals surface area (Å²) in [7, 11) is 0. The lowest BCUT2D eigenvalue weighted by molar-refractivity contribution is -0.146. The first kappa shape index (κ1) is 20.2. The second-order valence-corrected chi connectivity index (χ2v) is 8.69. The summed E-state index contributed by atoms with van der Waals surface area (Å²) in [5, 5.41) is 6.32. The normalized spacial score (nSPS) is 30.0. The molecule has 1 aromatic carbocycles. The van der Waals surface area contributed by atoms with Crippen molar-refractivity contribution in [3.05, 3.63) is 29.8 Å². The highest BCUT2D eigenvalue weighted by Gasteiger charge is 2.57. The number of carbonyl (C=O) groups is 2. The molecule has 1 spiro atoms. The number of carbonyl (C=O) groups excluding carboxylic acids is 2. The number of nitrogens with zero attached hydrogens (tertiary/aromatic N) is 1. The van der Waals surface area contributed by atoms with Crippen LogP contribution in [0.5, 0.6) is 5.75 Å². The van der Waals surface area contributed by atoms with E-state index in [0.717, 1.165) is 58.3 Å². The van der Waals surface area contributed by atoms with Gasteiger partial charge in [-0.05, 0) is 63.4 Å². The van der Waals surface area contributed by atoms with Gasteiger partial charge in [-0.1, -0.05) is 26.0 Å². The van der Waals surface area contributed by atoms with Crippen molar-refractivity contribution in [2.75, 3.05) is 26.2 Å². The zero-order valence-electron chi connectivity index (χ0n) is 17.6. The standard InChI is InChI=1S/C23H33N3O3/c1-3-26(4-2)13-7-12-24-21(27)19-14-17-11-10-16(19)15-23(17)25-22(28)18-8-5-6-9-20(18)29-23/h5-6,8-9,16-17,19H,3-4,7,10-15H2,1-2H3,(H,24,27)(H,25,28)/t16-,17+,19+,23+/m0/s1. The number of amides is 2. The van der Waals surface area contributed by atoms with Gasteiger partial charge < -0.3 is 20.3 Å². The third-order valence-corrected chi connectivity index (χ3v) is 7.15. The average Bonchev–Trinajstić information content (AvgIpc) is 2.74. The lowest BCUT2D eigenvalue weighted by atomic mass is 9.60. The van der Waals surface area contributed by atoms with E-state index in [9.17, 15) is 9.59 Å². The molecule has 3 saturated carbocycles. The predicted molar refractivity (Wildman–Crippen MR) is 112 cm³/mol. The molecule has 0 aromatic heterocycles. The average molecular weight is 400 g/mol. The highest BCUT2D eigenvalue weighted by atomic mass is 16.5. The molecule has 4 aliphatic rings. The molecule has 3 fully saturated rings. The van der Waals surface area contributed by atoms with E-state index < -0.39 is 5.72 Å². The molecule has 5 rings (SSSR count). The third kappa shape index (κ3) is 3.87. The van der Waals surface area contributed by atoms with Gasteiger partial charge in [-0.2, -0.15) is 0 Å². The Morgan fingerprint density at radius 1 is 1.28 bits per heavy atom. The Hall–Kier alpha value is -2.08. The fraction of sp³-hybridized carbons (Fsp3) is 0.652. The number of benzene rings is 1. The Kier molecular flexibility index (Phi) is 5.81. The number of nitrogens with one attached hydrogen (secondary N) is 2. The molecule has 1 aliphatic heterocycles. The maximum absolute atomic E-state index is 12.9. The van der Waals surface area contributed by atoms with Crippen molar-refractivity contribution in [3.8, 4) is 5.75 Å². The van der Waals surface area contributed by atoms with Gasteiger partial charge in [0.1, 0.15) is 5.75 Å². The Morgan fingerprint density at radius 3 is 2.79 bits per heavy atom. The number of hydrogen-bond donors (Lipinski definition) is 2. The monoisotopic (exact) mass is 399 g/mol. The molecule has 3 aliphatic carbocycles. The van der Waals surface area contributed by atoms with Crippen LogP contribution in [0.3, 0.4) is 0 Å². The van der Waals surface area contributed by atoms with Crippen molar-refractivity contribution in [3.63, 3.8) is 0 Å². The summed E-state index contributed by atoms with van der Waals surface area (Å²) >= 11 is 0. The molecule has 0 radical (unpaired) electrons. The summed E-state index contributed by atoms with van der Waals surface area (Å²) in [4.78, 5) is 27.9. The maximum Gasteiger partial charge on any atom is 0.258 e. The fourth-order valence-corrected chi connectivity index (χ4v) is 5.47. The first-order valence-electron chi connectivity index (χ1n) is 11.2. The van der Waals surface area contributed by atoms with E-state index in [1.165, 1.54) is 0 Å². The van der Waals surface area contributed by atoms with Crippen LogP contribution in [-0.2, 0) is 4.79 Å². The molecule has 2 N–H and O–H groups in total. The SMILES string of the molecule is CCN(CC)CCCNC(=O)[C@@H]1C[C@H]2CC[C@H]1C[C@]21NC(=O)c2ccccc2O1. The molecule has 29 heavy (non-hydrogen) atoms. The summed E-state index contributed by atoms with van der Waals surface area (Å²) < 4.78 is 6.37. The van der Waals surface area contributed by atoms with Gasteiger partial charge in [-0.15, -0.1) is 0 Å². The lowest BCUT2D eigenvalue weighted by Gasteiger charge is -2.55. The molecule has 0 unspecified atom stereocenters. The zero-order valence-corrected chi connectivity index (χ0v) is 17.6. The molecule has 2 bridgehead atoms. The number of ether oxygens (including phenoxy) is 1. The van der Waals surface area contributed by atoms with E-state index in [1.54, 1.807) is 6.07 Å². The Morgan fingerprint density at radius 2 is 2.07 bits per heavy atom. The van der Waals surface area contributed by atoms with Gasteiger partial charge in [0.05, 0.1) is 5.56 Å². The molecular weight excluding hydrogens is 366 g/mol. The van der Waals surface area contributed by atoms with E-state index in [1.807, 2.05) is 18.2 Å². The Labute approximate surface area is 173 Å². The highest BCUT2D eigenvalue weighted by molar-refractivity contribution is 5.98. The second kappa shape index (κ2) is 8.34. The maximum atomic E-state index is 12.9. The van der Waals surface area contributed by atoms with E-state index in [4.69, 9.17) is 4.74 Å². The highest BCUT2D eigenvalue weighted by Crippen LogP contribution is 2.52. The number of para-hydroxylation sites is 1. The van der Waals surface area contributed by atoms with Gasteiger partial charge in [0.2, 0.25) is 5.91 Å². The van der Waals surface area contributed by atoms with E-state index in [-0.39, 0.29) is 29.6 Å². The topological polar surface area (TPSA) is 70.7 Å². The molecule has 1 heterocycles. The molecule has 1 aromatic rings. The van der Waals surface area contributed by atoms with Gasteiger partial charge in [-0.3, -0.25) is 9.59 Å². The van der Waals surface area contributed by atoms with Gasteiger partial charge in [0, 0.05) is 24.8 Å². The molecule has 0 saturated heterocycles. The van der Waals surface area contributed by atoms with Crippen molar-refractivity contribution < 1.29 is 14.3 Å². The lowest BCUT2D eigenvalue weighted by Crippen LogP contribution is -2.66. The summed E-state index contributed by atoms with van der Waals surface area (Å²) in [5.41, 5.74) is -0.0458. The molecule has 158 valence electrons. The van der Waals surface area contributed by atoms with Crippen molar-refractivity contribution in [1.82, 2.24) is 15.5 Å². The minimum atomic E-state index is -0.645. The van der Waals surface area contributed by atoms with Crippen LogP contribution in [0, 0.1) is 17.8 Å². The predicted octanol–water partition coefficient (Wildman–Crippen LogP) is 2.79. The summed E-state index contributed by atoms with van der Waals surface area (Å²) in [6.07, 6.45) is 4.52. The number of fused-ring (bicyclic) bond motifs is 3. The summed E-state index contributed by atoms with van der Waals surface area (Å²) in [6, 6.07) is 7.43. The van der Waals surface area contributed by atoms with Crippen LogP contribution in [0.15, 0.2) is 24.3 Å². The van der Waals surface area contributed by atoms with Gasteiger partial charge in [0.25, 0.3) is 5.91 Å². The van der Waals surface area contributed by atoms with Crippen molar-refractivity contribution in [1.29, 1.82) is 0 Å². The van der Waals surface area contributed by atoms with E-state index >= 15 is 0 Å². The van der Waals surface area contributed by atoms with Crippen LogP contribution in [0.4, 0.5) is 0 Å². The van der Waals surface area contributed by atoms with Crippen LogP contribution < -0.4 is 15.4 Å². The zero-order chi connectivity index (χ0) is 20.4. The Bertz CT molecular complexity index is 763. The van der Waals surface area contributed by atoms with Crippen molar-refractivity contribution in [2.24, 2.45) is 17.8 Å². The molecular formula is C23H33N3O3. The smallest absolute Gasteiger partial charge is 0.258 e. The minimum absolute atomic E-state index is 0.0329. The quantitative estimate of drug-likeness (QED) is 0.692. The summed E-state index contributed by atoms with van der Waals surface area (Å²) in [6.45, 7) is 8.19.